The van der Waals surface area contributed by atoms with Crippen molar-refractivity contribution in [3.8, 4) is 0 Å². The number of fused-ring (bicyclic) bond motifs is 1. The highest BCUT2D eigenvalue weighted by Gasteiger charge is 2.34. The highest BCUT2D eigenvalue weighted by Crippen LogP contribution is 2.26. The van der Waals surface area contributed by atoms with Crippen LogP contribution in [0.15, 0.2) is 18.5 Å². The van der Waals surface area contributed by atoms with Crippen molar-refractivity contribution in [2.45, 2.75) is 39.2 Å². The number of aromatic nitrogens is 3. The summed E-state index contributed by atoms with van der Waals surface area (Å²) in [7, 11) is 1.73. The van der Waals surface area contributed by atoms with E-state index in [2.05, 4.69) is 23.9 Å². The highest BCUT2D eigenvalue weighted by atomic mass is 16.4. The van der Waals surface area contributed by atoms with E-state index < -0.39 is 11.5 Å². The molecular formula is C14H20N4O2. The van der Waals surface area contributed by atoms with Crippen LogP contribution in [0.3, 0.4) is 0 Å². The molecule has 2 aromatic rings. The molecule has 0 fully saturated rings. The summed E-state index contributed by atoms with van der Waals surface area (Å²) in [5.74, 6) is 0.0206. The SMILES string of the molecule is CC(C)c1cc2c(N(C)C(C)(C)C(=O)O)nccn2n1. The Balaban J connectivity index is 2.57. The van der Waals surface area contributed by atoms with Crippen molar-refractivity contribution in [2.75, 3.05) is 11.9 Å². The van der Waals surface area contributed by atoms with Crippen molar-refractivity contribution < 1.29 is 9.90 Å². The number of carbonyl (C=O) groups is 1. The molecule has 0 unspecified atom stereocenters. The van der Waals surface area contributed by atoms with Crippen molar-refractivity contribution in [1.82, 2.24) is 14.6 Å². The molecule has 6 heteroatoms. The number of aliphatic carboxylic acids is 1. The molecule has 0 atom stereocenters. The van der Waals surface area contributed by atoms with Crippen molar-refractivity contribution in [3.05, 3.63) is 24.2 Å². The quantitative estimate of drug-likeness (QED) is 0.926. The predicted molar refractivity (Wildman–Crippen MR) is 77.2 cm³/mol. The summed E-state index contributed by atoms with van der Waals surface area (Å²) < 4.78 is 1.74. The minimum Gasteiger partial charge on any atom is -0.480 e. The molecule has 0 saturated carbocycles. The number of carboxylic acids is 1. The predicted octanol–water partition coefficient (Wildman–Crippen LogP) is 2.15. The Morgan fingerprint density at radius 1 is 1.45 bits per heavy atom. The lowest BCUT2D eigenvalue weighted by Crippen LogP contribution is -2.48. The van der Waals surface area contributed by atoms with Crippen LogP contribution < -0.4 is 4.90 Å². The Labute approximate surface area is 118 Å². The summed E-state index contributed by atoms with van der Waals surface area (Å²) in [6, 6.07) is 1.96. The van der Waals surface area contributed by atoms with Crippen molar-refractivity contribution >= 4 is 17.3 Å². The number of hydrogen-bond acceptors (Lipinski definition) is 4. The van der Waals surface area contributed by atoms with E-state index in [0.717, 1.165) is 11.2 Å². The van der Waals surface area contributed by atoms with Crippen LogP contribution in [-0.4, -0.2) is 38.3 Å². The van der Waals surface area contributed by atoms with Crippen LogP contribution in [0.4, 0.5) is 5.82 Å². The van der Waals surface area contributed by atoms with Gasteiger partial charge in [0.15, 0.2) is 5.82 Å². The molecule has 6 nitrogen and oxygen atoms in total. The van der Waals surface area contributed by atoms with Gasteiger partial charge in [-0.1, -0.05) is 13.8 Å². The van der Waals surface area contributed by atoms with Gasteiger partial charge in [0.25, 0.3) is 0 Å². The molecule has 0 bridgehead atoms. The van der Waals surface area contributed by atoms with E-state index in [4.69, 9.17) is 0 Å². The second-order valence-corrected chi connectivity index (χ2v) is 5.73. The molecule has 20 heavy (non-hydrogen) atoms. The molecule has 2 heterocycles. The van der Waals surface area contributed by atoms with Gasteiger partial charge in [-0.05, 0) is 25.8 Å². The fraction of sp³-hybridized carbons (Fsp3) is 0.500. The van der Waals surface area contributed by atoms with Crippen LogP contribution in [-0.2, 0) is 4.79 Å². The van der Waals surface area contributed by atoms with Gasteiger partial charge in [0.1, 0.15) is 11.1 Å². The third kappa shape index (κ3) is 2.21. The first kappa shape index (κ1) is 14.3. The first-order valence-electron chi connectivity index (χ1n) is 6.56. The minimum absolute atomic E-state index is 0.306. The fourth-order valence-electron chi connectivity index (χ4n) is 1.88. The van der Waals surface area contributed by atoms with E-state index in [1.54, 1.807) is 42.7 Å². The summed E-state index contributed by atoms with van der Waals surface area (Å²) >= 11 is 0. The standard InChI is InChI=1S/C14H20N4O2/c1-9(2)10-8-11-12(15-6-7-18(11)16-10)17(5)14(3,4)13(19)20/h6-9H,1-5H3,(H,19,20). The zero-order valence-corrected chi connectivity index (χ0v) is 12.5. The lowest BCUT2D eigenvalue weighted by molar-refractivity contribution is -0.142. The van der Waals surface area contributed by atoms with E-state index >= 15 is 0 Å². The molecular weight excluding hydrogens is 256 g/mol. The van der Waals surface area contributed by atoms with Crippen LogP contribution >= 0.6 is 0 Å². The summed E-state index contributed by atoms with van der Waals surface area (Å²) in [5, 5.41) is 13.8. The average molecular weight is 276 g/mol. The van der Waals surface area contributed by atoms with Gasteiger partial charge >= 0.3 is 5.97 Å². The van der Waals surface area contributed by atoms with Gasteiger partial charge < -0.3 is 10.0 Å². The third-order valence-corrected chi connectivity index (χ3v) is 3.66. The van der Waals surface area contributed by atoms with E-state index in [9.17, 15) is 9.90 Å². The molecule has 0 radical (unpaired) electrons. The van der Waals surface area contributed by atoms with E-state index in [-0.39, 0.29) is 0 Å². The fourth-order valence-corrected chi connectivity index (χ4v) is 1.88. The number of carboxylic acid groups (broad SMARTS) is 1. The van der Waals surface area contributed by atoms with Crippen LogP contribution in [0.1, 0.15) is 39.3 Å². The molecule has 0 saturated heterocycles. The lowest BCUT2D eigenvalue weighted by Gasteiger charge is -2.32. The Kier molecular flexibility index (Phi) is 3.41. The number of nitrogens with zero attached hydrogens (tertiary/aromatic N) is 4. The van der Waals surface area contributed by atoms with Gasteiger partial charge in [-0.25, -0.2) is 14.3 Å². The summed E-state index contributed by atoms with van der Waals surface area (Å²) in [4.78, 5) is 17.4. The van der Waals surface area contributed by atoms with Crippen molar-refractivity contribution in [2.24, 2.45) is 0 Å². The van der Waals surface area contributed by atoms with E-state index in [1.165, 1.54) is 0 Å². The van der Waals surface area contributed by atoms with Crippen LogP contribution in [0.2, 0.25) is 0 Å². The first-order chi connectivity index (χ1) is 9.25. The molecule has 0 spiro atoms. The molecule has 0 amide bonds. The molecule has 0 aromatic carbocycles. The van der Waals surface area contributed by atoms with Crippen LogP contribution in [0.25, 0.3) is 5.52 Å². The van der Waals surface area contributed by atoms with Gasteiger partial charge in [0.05, 0.1) is 5.69 Å². The maximum Gasteiger partial charge on any atom is 0.328 e. The number of likely N-dealkylation sites (N-methyl/N-ethyl adjacent to an activating group) is 1. The van der Waals surface area contributed by atoms with Gasteiger partial charge in [-0.2, -0.15) is 5.10 Å². The molecule has 2 rings (SSSR count). The Hall–Kier alpha value is -2.11. The molecule has 0 aliphatic heterocycles. The van der Waals surface area contributed by atoms with Gasteiger partial charge in [-0.3, -0.25) is 0 Å². The first-order valence-corrected chi connectivity index (χ1v) is 6.56. The maximum absolute atomic E-state index is 11.4. The highest BCUT2D eigenvalue weighted by molar-refractivity contribution is 5.84. The summed E-state index contributed by atoms with van der Waals surface area (Å²) in [6.07, 6.45) is 3.40. The minimum atomic E-state index is -1.04. The van der Waals surface area contributed by atoms with Crippen molar-refractivity contribution in [3.63, 3.8) is 0 Å². The molecule has 1 N–H and O–H groups in total. The molecule has 2 aromatic heterocycles. The topological polar surface area (TPSA) is 70.7 Å². The molecule has 108 valence electrons. The maximum atomic E-state index is 11.4. The Morgan fingerprint density at radius 2 is 2.10 bits per heavy atom. The zero-order chi connectivity index (χ0) is 15.1. The largest absolute Gasteiger partial charge is 0.480 e. The van der Waals surface area contributed by atoms with Crippen LogP contribution in [0.5, 0.6) is 0 Å². The van der Waals surface area contributed by atoms with E-state index in [0.29, 0.717) is 11.7 Å². The smallest absolute Gasteiger partial charge is 0.328 e. The molecule has 0 aliphatic rings. The van der Waals surface area contributed by atoms with Crippen molar-refractivity contribution in [1.29, 1.82) is 0 Å². The van der Waals surface area contributed by atoms with Gasteiger partial charge in [-0.15, -0.1) is 0 Å². The van der Waals surface area contributed by atoms with Crippen LogP contribution in [0, 0.1) is 0 Å². The van der Waals surface area contributed by atoms with Gasteiger partial charge in [0, 0.05) is 19.4 Å². The second-order valence-electron chi connectivity index (χ2n) is 5.73. The summed E-state index contributed by atoms with van der Waals surface area (Å²) in [6.45, 7) is 7.44. The monoisotopic (exact) mass is 276 g/mol. The third-order valence-electron chi connectivity index (χ3n) is 3.66. The number of anilines is 1. The van der Waals surface area contributed by atoms with Gasteiger partial charge in [0.2, 0.25) is 0 Å². The lowest BCUT2D eigenvalue weighted by atomic mass is 10.0. The average Bonchev–Trinajstić information content (AvgIpc) is 2.81. The molecule has 0 aliphatic carbocycles. The Bertz CT molecular complexity index is 646. The normalized spacial score (nSPS) is 12.1. The second kappa shape index (κ2) is 4.77. The van der Waals surface area contributed by atoms with E-state index in [1.807, 2.05) is 6.07 Å². The number of rotatable bonds is 4. The zero-order valence-electron chi connectivity index (χ0n) is 12.5. The number of hydrogen-bond donors (Lipinski definition) is 1. The summed E-state index contributed by atoms with van der Waals surface area (Å²) in [5.41, 5.74) is 0.728. The Morgan fingerprint density at radius 3 is 2.65 bits per heavy atom.